The average Bonchev–Trinajstić information content (AvgIpc) is 3.11. The van der Waals surface area contributed by atoms with Crippen LogP contribution in [0.25, 0.3) is 0 Å². The molecule has 0 saturated heterocycles. The molecule has 0 fully saturated rings. The van der Waals surface area contributed by atoms with Crippen molar-refractivity contribution in [2.75, 3.05) is 13.6 Å². The summed E-state index contributed by atoms with van der Waals surface area (Å²) in [7, 11) is 1.54. The molecule has 0 aliphatic rings. The number of hydrogen-bond acceptors (Lipinski definition) is 4. The van der Waals surface area contributed by atoms with Crippen LogP contribution in [0, 0.1) is 5.82 Å². The second-order valence-corrected chi connectivity index (χ2v) is 6.45. The fourth-order valence-corrected chi connectivity index (χ4v) is 2.84. The van der Waals surface area contributed by atoms with Crippen molar-refractivity contribution in [3.05, 3.63) is 46.2 Å². The summed E-state index contributed by atoms with van der Waals surface area (Å²) in [6.07, 6.45) is -4.13. The molecule has 0 spiro atoms. The summed E-state index contributed by atoms with van der Waals surface area (Å²) in [4.78, 5) is 7.56. The number of thiazole rings is 1. The molecule has 10 heteroatoms. The summed E-state index contributed by atoms with van der Waals surface area (Å²) in [6.45, 7) is 2.35. The van der Waals surface area contributed by atoms with Crippen molar-refractivity contribution in [1.29, 1.82) is 0 Å². The average molecular weight is 404 g/mol. The summed E-state index contributed by atoms with van der Waals surface area (Å²) in [5.74, 6) is 0.105. The maximum Gasteiger partial charge on any atom is 0.434 e. The third-order valence-electron chi connectivity index (χ3n) is 3.56. The first-order valence-corrected chi connectivity index (χ1v) is 9.08. The van der Waals surface area contributed by atoms with Gasteiger partial charge in [0.2, 0.25) is 0 Å². The lowest BCUT2D eigenvalue weighted by molar-refractivity contribution is -0.140. The molecule has 0 aliphatic carbocycles. The molecule has 0 bridgehead atoms. The number of alkyl halides is 3. The van der Waals surface area contributed by atoms with E-state index in [0.29, 0.717) is 23.9 Å². The molecule has 0 saturated carbocycles. The molecule has 27 heavy (non-hydrogen) atoms. The highest BCUT2D eigenvalue weighted by Gasteiger charge is 2.33. The SMILES string of the molecule is CCC(CNC(=NC)NCc1nc(C(F)(F)F)cs1)Oc1ccccc1F. The van der Waals surface area contributed by atoms with Crippen molar-refractivity contribution in [1.82, 2.24) is 15.6 Å². The van der Waals surface area contributed by atoms with E-state index in [1.807, 2.05) is 6.92 Å². The van der Waals surface area contributed by atoms with Gasteiger partial charge in [0.1, 0.15) is 11.1 Å². The Morgan fingerprint density at radius 3 is 2.63 bits per heavy atom. The Morgan fingerprint density at radius 1 is 1.30 bits per heavy atom. The lowest BCUT2D eigenvalue weighted by Crippen LogP contribution is -2.42. The smallest absolute Gasteiger partial charge is 0.434 e. The number of benzene rings is 1. The van der Waals surface area contributed by atoms with Crippen LogP contribution in [-0.4, -0.2) is 30.6 Å². The number of rotatable bonds is 7. The van der Waals surface area contributed by atoms with Crippen LogP contribution in [0.15, 0.2) is 34.6 Å². The van der Waals surface area contributed by atoms with Crippen molar-refractivity contribution in [2.24, 2.45) is 4.99 Å². The minimum atomic E-state index is -4.45. The van der Waals surface area contributed by atoms with E-state index < -0.39 is 17.7 Å². The Balaban J connectivity index is 1.85. The van der Waals surface area contributed by atoms with Crippen LogP contribution < -0.4 is 15.4 Å². The van der Waals surface area contributed by atoms with Crippen molar-refractivity contribution in [2.45, 2.75) is 32.2 Å². The van der Waals surface area contributed by atoms with E-state index in [0.717, 1.165) is 16.7 Å². The lowest BCUT2D eigenvalue weighted by atomic mass is 10.2. The Hall–Kier alpha value is -2.36. The van der Waals surface area contributed by atoms with Crippen molar-refractivity contribution in [3.8, 4) is 5.75 Å². The number of guanidine groups is 1. The van der Waals surface area contributed by atoms with E-state index in [4.69, 9.17) is 4.74 Å². The molecule has 1 aromatic heterocycles. The van der Waals surface area contributed by atoms with Gasteiger partial charge in [0.05, 0.1) is 13.1 Å². The third kappa shape index (κ3) is 6.38. The zero-order chi connectivity index (χ0) is 19.9. The topological polar surface area (TPSA) is 58.5 Å². The normalized spacial score (nSPS) is 13.3. The number of para-hydroxylation sites is 1. The van der Waals surface area contributed by atoms with E-state index in [-0.39, 0.29) is 18.4 Å². The zero-order valence-corrected chi connectivity index (χ0v) is 15.6. The first kappa shape index (κ1) is 20.9. The van der Waals surface area contributed by atoms with Crippen LogP contribution in [0.5, 0.6) is 5.75 Å². The molecule has 5 nitrogen and oxygen atoms in total. The molecule has 1 aromatic carbocycles. The fraction of sp³-hybridized carbons (Fsp3) is 0.412. The van der Waals surface area contributed by atoms with Crippen molar-refractivity contribution >= 4 is 17.3 Å². The molecule has 1 unspecified atom stereocenters. The third-order valence-corrected chi connectivity index (χ3v) is 4.40. The fourth-order valence-electron chi connectivity index (χ4n) is 2.10. The Labute approximate surface area is 158 Å². The highest BCUT2D eigenvalue weighted by molar-refractivity contribution is 7.09. The van der Waals surface area contributed by atoms with Gasteiger partial charge in [0.15, 0.2) is 23.2 Å². The minimum absolute atomic E-state index is 0.103. The quantitative estimate of drug-likeness (QED) is 0.418. The van der Waals surface area contributed by atoms with Crippen LogP contribution in [0.4, 0.5) is 17.6 Å². The molecule has 0 amide bonds. The van der Waals surface area contributed by atoms with E-state index in [1.54, 1.807) is 18.2 Å². The summed E-state index contributed by atoms with van der Waals surface area (Å²) in [5, 5.41) is 7.17. The summed E-state index contributed by atoms with van der Waals surface area (Å²) < 4.78 is 57.0. The van der Waals surface area contributed by atoms with Gasteiger partial charge in [-0.05, 0) is 18.6 Å². The van der Waals surface area contributed by atoms with Gasteiger partial charge in [-0.25, -0.2) is 9.37 Å². The summed E-state index contributed by atoms with van der Waals surface area (Å²) in [6, 6.07) is 6.13. The van der Waals surface area contributed by atoms with E-state index in [9.17, 15) is 17.6 Å². The van der Waals surface area contributed by atoms with Gasteiger partial charge in [-0.1, -0.05) is 19.1 Å². The first-order chi connectivity index (χ1) is 12.8. The Morgan fingerprint density at radius 2 is 2.04 bits per heavy atom. The van der Waals surface area contributed by atoms with E-state index in [2.05, 4.69) is 20.6 Å². The van der Waals surface area contributed by atoms with Crippen LogP contribution in [-0.2, 0) is 12.7 Å². The number of aromatic nitrogens is 1. The van der Waals surface area contributed by atoms with Gasteiger partial charge in [-0.15, -0.1) is 11.3 Å². The van der Waals surface area contributed by atoms with Gasteiger partial charge >= 0.3 is 6.18 Å². The van der Waals surface area contributed by atoms with Crippen LogP contribution in [0.2, 0.25) is 0 Å². The monoisotopic (exact) mass is 404 g/mol. The van der Waals surface area contributed by atoms with Crippen molar-refractivity contribution in [3.63, 3.8) is 0 Å². The molecule has 2 N–H and O–H groups in total. The van der Waals surface area contributed by atoms with Crippen molar-refractivity contribution < 1.29 is 22.3 Å². The second-order valence-electron chi connectivity index (χ2n) is 5.51. The first-order valence-electron chi connectivity index (χ1n) is 8.20. The highest BCUT2D eigenvalue weighted by atomic mass is 32.1. The van der Waals surface area contributed by atoms with Gasteiger partial charge < -0.3 is 15.4 Å². The van der Waals surface area contributed by atoms with Gasteiger partial charge in [0.25, 0.3) is 0 Å². The molecule has 148 valence electrons. The van der Waals surface area contributed by atoms with Gasteiger partial charge in [-0.2, -0.15) is 13.2 Å². The minimum Gasteiger partial charge on any atom is -0.486 e. The summed E-state index contributed by atoms with van der Waals surface area (Å²) in [5.41, 5.74) is -0.906. The maximum atomic E-state index is 13.7. The second kappa shape index (κ2) is 9.54. The number of nitrogens with one attached hydrogen (secondary N) is 2. The van der Waals surface area contributed by atoms with Crippen LogP contribution in [0.1, 0.15) is 24.0 Å². The Kier molecular flexibility index (Phi) is 7.40. The predicted molar refractivity (Wildman–Crippen MR) is 96.4 cm³/mol. The number of halogens is 4. The molecular formula is C17H20F4N4OS. The van der Waals surface area contributed by atoms with Gasteiger partial charge in [-0.3, -0.25) is 4.99 Å². The molecule has 0 aliphatic heterocycles. The number of hydrogen-bond donors (Lipinski definition) is 2. The zero-order valence-electron chi connectivity index (χ0n) is 14.8. The summed E-state index contributed by atoms with van der Waals surface area (Å²) >= 11 is 0.918. The van der Waals surface area contributed by atoms with Gasteiger partial charge in [0, 0.05) is 12.4 Å². The molecule has 0 radical (unpaired) electrons. The van der Waals surface area contributed by atoms with E-state index in [1.165, 1.54) is 13.1 Å². The largest absolute Gasteiger partial charge is 0.486 e. The number of ether oxygens (including phenoxy) is 1. The number of aliphatic imine (C=N–C) groups is 1. The van der Waals surface area contributed by atoms with Crippen LogP contribution in [0.3, 0.4) is 0 Å². The molecule has 1 atom stereocenters. The highest BCUT2D eigenvalue weighted by Crippen LogP contribution is 2.29. The molecule has 2 aromatic rings. The molecule has 2 rings (SSSR count). The lowest BCUT2D eigenvalue weighted by Gasteiger charge is -2.20. The van der Waals surface area contributed by atoms with Crippen LogP contribution >= 0.6 is 11.3 Å². The number of nitrogens with zero attached hydrogens (tertiary/aromatic N) is 2. The Bertz CT molecular complexity index is 763. The molecular weight excluding hydrogens is 384 g/mol. The van der Waals surface area contributed by atoms with E-state index >= 15 is 0 Å². The molecule has 1 heterocycles. The predicted octanol–water partition coefficient (Wildman–Crippen LogP) is 3.82. The standard InChI is InChI=1S/C17H20F4N4OS/c1-3-11(26-13-7-5-4-6-12(13)18)8-23-16(22-2)24-9-15-25-14(10-27-15)17(19,20)21/h4-7,10-11H,3,8-9H2,1-2H3,(H2,22,23,24). The maximum absolute atomic E-state index is 13.7.